The summed E-state index contributed by atoms with van der Waals surface area (Å²) in [4.78, 5) is 0. The van der Waals surface area contributed by atoms with E-state index in [0.29, 0.717) is 0 Å². The maximum atomic E-state index is 5.06. The van der Waals surface area contributed by atoms with E-state index < -0.39 is 0 Å². The number of hydrogen-bond acceptors (Lipinski definition) is 1. The van der Waals surface area contributed by atoms with E-state index in [0.717, 1.165) is 18.6 Å². The largest absolute Gasteiger partial charge is 0.501 e. The van der Waals surface area contributed by atoms with Crippen molar-refractivity contribution in [1.29, 1.82) is 0 Å². The topological polar surface area (TPSA) is 9.23 Å². The molecule has 0 aromatic heterocycles. The van der Waals surface area contributed by atoms with E-state index in [1.807, 2.05) is 12.2 Å². The molecule has 0 unspecified atom stereocenters. The average Bonchev–Trinajstić information content (AvgIpc) is 1.99. The van der Waals surface area contributed by atoms with E-state index >= 15 is 0 Å². The molecule has 0 atom stereocenters. The molecule has 0 spiro atoms. The minimum atomic E-state index is 0.963. The molecule has 0 saturated carbocycles. The van der Waals surface area contributed by atoms with Crippen LogP contribution in [0.25, 0.3) is 0 Å². The van der Waals surface area contributed by atoms with Crippen LogP contribution in [0.5, 0.6) is 0 Å². The Morgan fingerprint density at radius 3 is 2.50 bits per heavy atom. The molecular weight excluding hydrogens is 124 g/mol. The van der Waals surface area contributed by atoms with Crippen LogP contribution in [-0.2, 0) is 4.74 Å². The van der Waals surface area contributed by atoms with Crippen LogP contribution in [0.2, 0.25) is 0 Å². The van der Waals surface area contributed by atoms with Crippen molar-refractivity contribution in [2.45, 2.75) is 26.7 Å². The van der Waals surface area contributed by atoms with E-state index in [9.17, 15) is 0 Å². The SMILES string of the molecule is CCC=CC=C(CC)OC. The fraction of sp³-hybridized carbons (Fsp3) is 0.556. The molecule has 0 heterocycles. The molecule has 0 aliphatic heterocycles. The molecule has 0 N–H and O–H groups in total. The fourth-order valence-electron chi connectivity index (χ4n) is 0.642. The number of hydrogen-bond donors (Lipinski definition) is 0. The Bertz CT molecular complexity index is 117. The summed E-state index contributed by atoms with van der Waals surface area (Å²) in [6, 6.07) is 0. The fourth-order valence-corrected chi connectivity index (χ4v) is 0.642. The van der Waals surface area contributed by atoms with Gasteiger partial charge in [0.1, 0.15) is 0 Å². The van der Waals surface area contributed by atoms with Gasteiger partial charge in [-0.05, 0) is 12.5 Å². The molecule has 10 heavy (non-hydrogen) atoms. The van der Waals surface area contributed by atoms with Crippen molar-refractivity contribution < 1.29 is 4.74 Å². The van der Waals surface area contributed by atoms with Gasteiger partial charge >= 0.3 is 0 Å². The Balaban J connectivity index is 3.74. The minimum Gasteiger partial charge on any atom is -0.501 e. The van der Waals surface area contributed by atoms with E-state index in [1.165, 1.54) is 0 Å². The zero-order valence-electron chi connectivity index (χ0n) is 7.05. The summed E-state index contributed by atoms with van der Waals surface area (Å²) in [5, 5.41) is 0. The summed E-state index contributed by atoms with van der Waals surface area (Å²) in [5.74, 6) is 1.03. The lowest BCUT2D eigenvalue weighted by Gasteiger charge is -1.98. The van der Waals surface area contributed by atoms with Crippen molar-refractivity contribution in [2.24, 2.45) is 0 Å². The van der Waals surface area contributed by atoms with E-state index in [1.54, 1.807) is 7.11 Å². The van der Waals surface area contributed by atoms with Crippen LogP contribution in [0.1, 0.15) is 26.7 Å². The smallest absolute Gasteiger partial charge is 0.0952 e. The van der Waals surface area contributed by atoms with Gasteiger partial charge in [-0.15, -0.1) is 0 Å². The molecule has 0 rings (SSSR count). The van der Waals surface area contributed by atoms with Gasteiger partial charge in [-0.1, -0.05) is 26.0 Å². The second kappa shape index (κ2) is 6.40. The first-order chi connectivity index (χ1) is 4.85. The third-order valence-corrected chi connectivity index (χ3v) is 1.26. The first-order valence-corrected chi connectivity index (χ1v) is 3.74. The van der Waals surface area contributed by atoms with Gasteiger partial charge in [-0.2, -0.15) is 0 Å². The highest BCUT2D eigenvalue weighted by molar-refractivity contribution is 5.06. The van der Waals surface area contributed by atoms with Crippen LogP contribution in [-0.4, -0.2) is 7.11 Å². The Morgan fingerprint density at radius 1 is 1.40 bits per heavy atom. The highest BCUT2D eigenvalue weighted by Gasteiger charge is 1.85. The predicted octanol–water partition coefficient (Wildman–Crippen LogP) is 2.89. The van der Waals surface area contributed by atoms with Gasteiger partial charge in [0.25, 0.3) is 0 Å². The van der Waals surface area contributed by atoms with Crippen molar-refractivity contribution in [2.75, 3.05) is 7.11 Å². The lowest BCUT2D eigenvalue weighted by atomic mass is 10.3. The van der Waals surface area contributed by atoms with Crippen LogP contribution >= 0.6 is 0 Å². The zero-order chi connectivity index (χ0) is 7.82. The van der Waals surface area contributed by atoms with E-state index in [2.05, 4.69) is 19.9 Å². The Labute approximate surface area is 63.4 Å². The average molecular weight is 140 g/mol. The summed E-state index contributed by atoms with van der Waals surface area (Å²) in [6.07, 6.45) is 8.18. The molecule has 0 aromatic carbocycles. The van der Waals surface area contributed by atoms with Gasteiger partial charge < -0.3 is 4.74 Å². The molecular formula is C9H16O. The van der Waals surface area contributed by atoms with Crippen molar-refractivity contribution in [1.82, 2.24) is 0 Å². The van der Waals surface area contributed by atoms with E-state index in [4.69, 9.17) is 4.74 Å². The monoisotopic (exact) mass is 140 g/mol. The molecule has 1 heteroatoms. The second-order valence-corrected chi connectivity index (χ2v) is 2.03. The van der Waals surface area contributed by atoms with Crippen LogP contribution in [0.15, 0.2) is 24.0 Å². The summed E-state index contributed by atoms with van der Waals surface area (Å²) in [5.41, 5.74) is 0. The minimum absolute atomic E-state index is 0.963. The van der Waals surface area contributed by atoms with Gasteiger partial charge in [0.15, 0.2) is 0 Å². The standard InChI is InChI=1S/C9H16O/c1-4-6-7-8-9(5-2)10-3/h6-8H,4-5H2,1-3H3. The maximum absolute atomic E-state index is 5.06. The Morgan fingerprint density at radius 2 is 2.10 bits per heavy atom. The first-order valence-electron chi connectivity index (χ1n) is 3.74. The van der Waals surface area contributed by atoms with Crippen molar-refractivity contribution in [3.63, 3.8) is 0 Å². The van der Waals surface area contributed by atoms with E-state index in [-0.39, 0.29) is 0 Å². The molecule has 0 aromatic rings. The van der Waals surface area contributed by atoms with Crippen LogP contribution in [0.3, 0.4) is 0 Å². The second-order valence-electron chi connectivity index (χ2n) is 2.03. The summed E-state index contributed by atoms with van der Waals surface area (Å²) < 4.78 is 5.06. The van der Waals surface area contributed by atoms with Gasteiger partial charge in [-0.25, -0.2) is 0 Å². The highest BCUT2D eigenvalue weighted by Crippen LogP contribution is 2.00. The maximum Gasteiger partial charge on any atom is 0.0952 e. The molecule has 0 radical (unpaired) electrons. The zero-order valence-corrected chi connectivity index (χ0v) is 7.05. The quantitative estimate of drug-likeness (QED) is 0.431. The number of allylic oxidation sites excluding steroid dienone is 4. The van der Waals surface area contributed by atoms with Crippen LogP contribution in [0.4, 0.5) is 0 Å². The summed E-state index contributed by atoms with van der Waals surface area (Å²) in [6.45, 7) is 4.19. The summed E-state index contributed by atoms with van der Waals surface area (Å²) in [7, 11) is 1.70. The third kappa shape index (κ3) is 4.19. The Hall–Kier alpha value is -0.720. The molecule has 1 nitrogen and oxygen atoms in total. The van der Waals surface area contributed by atoms with Crippen LogP contribution < -0.4 is 0 Å². The van der Waals surface area contributed by atoms with Gasteiger partial charge in [0.2, 0.25) is 0 Å². The molecule has 0 bridgehead atoms. The van der Waals surface area contributed by atoms with Gasteiger partial charge in [0, 0.05) is 6.42 Å². The lowest BCUT2D eigenvalue weighted by Crippen LogP contribution is -1.81. The van der Waals surface area contributed by atoms with Gasteiger partial charge in [0.05, 0.1) is 12.9 Å². The van der Waals surface area contributed by atoms with Crippen molar-refractivity contribution in [3.8, 4) is 0 Å². The molecule has 0 aliphatic rings. The normalized spacial score (nSPS) is 12.5. The Kier molecular flexibility index (Phi) is 5.94. The first kappa shape index (κ1) is 9.28. The molecule has 0 amide bonds. The highest BCUT2D eigenvalue weighted by atomic mass is 16.5. The molecule has 0 saturated heterocycles. The molecule has 58 valence electrons. The number of methoxy groups -OCH3 is 1. The number of ether oxygens (including phenoxy) is 1. The lowest BCUT2D eigenvalue weighted by molar-refractivity contribution is 0.281. The molecule has 0 aliphatic carbocycles. The summed E-state index contributed by atoms with van der Waals surface area (Å²) >= 11 is 0. The predicted molar refractivity (Wildman–Crippen MR) is 44.8 cm³/mol. The van der Waals surface area contributed by atoms with Crippen molar-refractivity contribution >= 4 is 0 Å². The van der Waals surface area contributed by atoms with Crippen molar-refractivity contribution in [3.05, 3.63) is 24.0 Å². The third-order valence-electron chi connectivity index (χ3n) is 1.26. The molecule has 0 fully saturated rings. The van der Waals surface area contributed by atoms with Crippen LogP contribution in [0, 0.1) is 0 Å². The van der Waals surface area contributed by atoms with Gasteiger partial charge in [-0.3, -0.25) is 0 Å². The number of rotatable bonds is 4.